The van der Waals surface area contributed by atoms with Gasteiger partial charge in [0.25, 0.3) is 0 Å². The summed E-state index contributed by atoms with van der Waals surface area (Å²) >= 11 is 0. The van der Waals surface area contributed by atoms with E-state index in [0.29, 0.717) is 13.2 Å². The first kappa shape index (κ1) is 17.4. The first-order valence-electron chi connectivity index (χ1n) is 6.05. The minimum atomic E-state index is -1.07. The first-order chi connectivity index (χ1) is 8.76. The predicted octanol–water partition coefficient (Wildman–Crippen LogP) is 0.740. The Bertz CT molecular complexity index is 328. The Morgan fingerprint density at radius 2 is 1.84 bits per heavy atom. The second-order valence-electron chi connectivity index (χ2n) is 5.03. The number of hydrogen-bond acceptors (Lipinski definition) is 4. The third-order valence-corrected chi connectivity index (χ3v) is 2.53. The maximum atomic E-state index is 11.4. The van der Waals surface area contributed by atoms with Crippen molar-refractivity contribution in [2.45, 2.75) is 33.1 Å². The normalized spacial score (nSPS) is 10.9. The number of carbonyl (C=O) groups is 3. The van der Waals surface area contributed by atoms with Crippen LogP contribution in [-0.2, 0) is 14.3 Å². The zero-order valence-corrected chi connectivity index (χ0v) is 11.6. The fourth-order valence-electron chi connectivity index (χ4n) is 1.24. The van der Waals surface area contributed by atoms with Crippen LogP contribution in [0, 0.1) is 5.41 Å². The minimum Gasteiger partial charge on any atom is -0.481 e. The quantitative estimate of drug-likeness (QED) is 0.605. The summed E-state index contributed by atoms with van der Waals surface area (Å²) in [7, 11) is 1.61. The number of ether oxygens (including phenoxy) is 1. The monoisotopic (exact) mass is 274 g/mol. The number of urea groups is 1. The molecule has 110 valence electrons. The lowest BCUT2D eigenvalue weighted by atomic mass is 9.90. The van der Waals surface area contributed by atoms with Crippen LogP contribution in [-0.4, -0.2) is 43.3 Å². The number of nitrogens with one attached hydrogen (secondary N) is 2. The summed E-state index contributed by atoms with van der Waals surface area (Å²) in [5.74, 6) is -1.68. The van der Waals surface area contributed by atoms with Crippen molar-refractivity contribution >= 4 is 17.9 Å². The number of aliphatic carboxylic acids is 1. The van der Waals surface area contributed by atoms with E-state index in [9.17, 15) is 14.4 Å². The van der Waals surface area contributed by atoms with Crippen LogP contribution in [0.4, 0.5) is 4.79 Å². The highest BCUT2D eigenvalue weighted by Crippen LogP contribution is 2.18. The van der Waals surface area contributed by atoms with E-state index in [2.05, 4.69) is 10.6 Å². The van der Waals surface area contributed by atoms with Gasteiger partial charge in [0.1, 0.15) is 0 Å². The third kappa shape index (κ3) is 10.0. The highest BCUT2D eigenvalue weighted by molar-refractivity contribution is 5.95. The molecule has 0 saturated carbocycles. The summed E-state index contributed by atoms with van der Waals surface area (Å²) in [5.41, 5.74) is -0.141. The number of carboxylic acids is 1. The molecule has 0 saturated heterocycles. The van der Waals surface area contributed by atoms with Crippen molar-refractivity contribution in [1.29, 1.82) is 0 Å². The van der Waals surface area contributed by atoms with Gasteiger partial charge >= 0.3 is 12.0 Å². The Hall–Kier alpha value is -1.63. The van der Waals surface area contributed by atoms with Gasteiger partial charge in [-0.2, -0.15) is 0 Å². The van der Waals surface area contributed by atoms with Gasteiger partial charge in [0.2, 0.25) is 5.91 Å². The molecule has 0 fully saturated rings. The minimum absolute atomic E-state index is 0.141. The standard InChI is InChI=1S/C12H22N2O5/c1-12(2,6-7-19-3)8-13-11(18)14-9(15)4-5-10(16)17/h4-8H2,1-3H3,(H,16,17)(H2,13,14,15,18). The number of hydrogen-bond donors (Lipinski definition) is 3. The van der Waals surface area contributed by atoms with Crippen LogP contribution in [0.15, 0.2) is 0 Å². The number of imide groups is 1. The van der Waals surface area contributed by atoms with Crippen LogP contribution in [0.5, 0.6) is 0 Å². The van der Waals surface area contributed by atoms with E-state index < -0.39 is 17.9 Å². The molecule has 0 aliphatic rings. The highest BCUT2D eigenvalue weighted by Gasteiger charge is 2.19. The SMILES string of the molecule is COCCC(C)(C)CNC(=O)NC(=O)CCC(=O)O. The molecule has 0 aromatic rings. The Morgan fingerprint density at radius 3 is 2.37 bits per heavy atom. The van der Waals surface area contributed by atoms with E-state index >= 15 is 0 Å². The number of rotatable bonds is 8. The van der Waals surface area contributed by atoms with Crippen LogP contribution in [0.25, 0.3) is 0 Å². The number of methoxy groups -OCH3 is 1. The van der Waals surface area contributed by atoms with Crippen molar-refractivity contribution in [2.75, 3.05) is 20.3 Å². The Balaban J connectivity index is 3.91. The summed E-state index contributed by atoms with van der Waals surface area (Å²) < 4.78 is 4.97. The maximum Gasteiger partial charge on any atom is 0.321 e. The Kier molecular flexibility index (Phi) is 7.74. The summed E-state index contributed by atoms with van der Waals surface area (Å²) in [6.45, 7) is 4.93. The third-order valence-electron chi connectivity index (χ3n) is 2.53. The molecule has 0 unspecified atom stereocenters. The molecule has 0 radical (unpaired) electrons. The number of carbonyl (C=O) groups excluding carboxylic acids is 2. The van der Waals surface area contributed by atoms with E-state index in [-0.39, 0.29) is 18.3 Å². The first-order valence-corrected chi connectivity index (χ1v) is 6.05. The smallest absolute Gasteiger partial charge is 0.321 e. The van der Waals surface area contributed by atoms with Gasteiger partial charge < -0.3 is 15.2 Å². The van der Waals surface area contributed by atoms with Gasteiger partial charge in [-0.3, -0.25) is 14.9 Å². The van der Waals surface area contributed by atoms with Gasteiger partial charge in [-0.15, -0.1) is 0 Å². The molecule has 7 nitrogen and oxygen atoms in total. The highest BCUT2D eigenvalue weighted by atomic mass is 16.5. The zero-order valence-electron chi connectivity index (χ0n) is 11.6. The molecular formula is C12H22N2O5. The lowest BCUT2D eigenvalue weighted by Crippen LogP contribution is -2.43. The lowest BCUT2D eigenvalue weighted by molar-refractivity contribution is -0.138. The summed E-state index contributed by atoms with van der Waals surface area (Å²) in [5, 5.41) is 13.1. The van der Waals surface area contributed by atoms with E-state index in [1.165, 1.54) is 0 Å². The second-order valence-corrected chi connectivity index (χ2v) is 5.03. The van der Waals surface area contributed by atoms with Crippen LogP contribution < -0.4 is 10.6 Å². The average molecular weight is 274 g/mol. The maximum absolute atomic E-state index is 11.4. The van der Waals surface area contributed by atoms with Gasteiger partial charge in [-0.05, 0) is 11.8 Å². The molecule has 19 heavy (non-hydrogen) atoms. The number of carboxylic acid groups (broad SMARTS) is 1. The van der Waals surface area contributed by atoms with Crippen molar-refractivity contribution in [1.82, 2.24) is 10.6 Å². The molecular weight excluding hydrogens is 252 g/mol. The molecule has 0 spiro atoms. The molecule has 0 aromatic carbocycles. The summed E-state index contributed by atoms with van der Waals surface area (Å²) in [6, 6.07) is -0.610. The van der Waals surface area contributed by atoms with Crippen LogP contribution in [0.3, 0.4) is 0 Å². The molecule has 7 heteroatoms. The van der Waals surface area contributed by atoms with Crippen LogP contribution >= 0.6 is 0 Å². The molecule has 0 aromatic heterocycles. The van der Waals surface area contributed by atoms with E-state index in [4.69, 9.17) is 9.84 Å². The van der Waals surface area contributed by atoms with E-state index in [0.717, 1.165) is 6.42 Å². The van der Waals surface area contributed by atoms with Gasteiger partial charge in [0.15, 0.2) is 0 Å². The second kappa shape index (κ2) is 8.47. The summed E-state index contributed by atoms with van der Waals surface area (Å²) in [4.78, 5) is 32.9. The Labute approximate surface area is 112 Å². The molecule has 0 heterocycles. The zero-order chi connectivity index (χ0) is 14.9. The lowest BCUT2D eigenvalue weighted by Gasteiger charge is -2.24. The van der Waals surface area contributed by atoms with Crippen molar-refractivity contribution < 1.29 is 24.2 Å². The predicted molar refractivity (Wildman–Crippen MR) is 68.7 cm³/mol. The Morgan fingerprint density at radius 1 is 1.21 bits per heavy atom. The van der Waals surface area contributed by atoms with E-state index in [1.54, 1.807) is 7.11 Å². The van der Waals surface area contributed by atoms with Crippen LogP contribution in [0.2, 0.25) is 0 Å². The van der Waals surface area contributed by atoms with E-state index in [1.807, 2.05) is 13.8 Å². The fraction of sp³-hybridized carbons (Fsp3) is 0.750. The largest absolute Gasteiger partial charge is 0.481 e. The number of amides is 3. The fourth-order valence-corrected chi connectivity index (χ4v) is 1.24. The molecule has 0 aliphatic carbocycles. The van der Waals surface area contributed by atoms with Crippen molar-refractivity contribution in [3.63, 3.8) is 0 Å². The molecule has 0 aliphatic heterocycles. The molecule has 3 N–H and O–H groups in total. The van der Waals surface area contributed by atoms with Gasteiger partial charge in [-0.25, -0.2) is 4.79 Å². The molecule has 3 amide bonds. The summed E-state index contributed by atoms with van der Waals surface area (Å²) in [6.07, 6.45) is 0.269. The molecule has 0 rings (SSSR count). The van der Waals surface area contributed by atoms with Crippen molar-refractivity contribution in [3.05, 3.63) is 0 Å². The van der Waals surface area contributed by atoms with Crippen molar-refractivity contribution in [2.24, 2.45) is 5.41 Å². The van der Waals surface area contributed by atoms with Gasteiger partial charge in [0.05, 0.1) is 6.42 Å². The van der Waals surface area contributed by atoms with Crippen LogP contribution in [0.1, 0.15) is 33.1 Å². The average Bonchev–Trinajstić information content (AvgIpc) is 2.32. The topological polar surface area (TPSA) is 105 Å². The van der Waals surface area contributed by atoms with Gasteiger partial charge in [-0.1, -0.05) is 13.8 Å². The van der Waals surface area contributed by atoms with Gasteiger partial charge in [0, 0.05) is 26.7 Å². The molecule has 0 atom stereocenters. The van der Waals surface area contributed by atoms with Crippen molar-refractivity contribution in [3.8, 4) is 0 Å². The molecule has 0 bridgehead atoms.